The summed E-state index contributed by atoms with van der Waals surface area (Å²) in [5.74, 6) is 0. The number of nitrogens with two attached hydrogens (primary N) is 1. The highest BCUT2D eigenvalue weighted by atomic mass is 35.5. The number of aryl methyl sites for hydroxylation is 1. The summed E-state index contributed by atoms with van der Waals surface area (Å²) in [6.45, 7) is 2.22. The molecule has 0 saturated carbocycles. The Morgan fingerprint density at radius 3 is 2.82 bits per heavy atom. The van der Waals surface area contributed by atoms with Gasteiger partial charge < -0.3 is 5.73 Å². The lowest BCUT2D eigenvalue weighted by Crippen LogP contribution is -2.20. The third kappa shape index (κ3) is 2.65. The number of aromatic nitrogens is 2. The second-order valence-electron chi connectivity index (χ2n) is 3.85. The van der Waals surface area contributed by atoms with Crippen LogP contribution in [0, 0.1) is 6.92 Å². The molecule has 2 aromatic rings. The molecule has 0 saturated heterocycles. The van der Waals surface area contributed by atoms with Crippen LogP contribution < -0.4 is 11.3 Å². The molecule has 0 bridgehead atoms. The minimum absolute atomic E-state index is 0.0778. The first-order valence-electron chi connectivity index (χ1n) is 5.13. The molecule has 0 aliphatic carbocycles. The molecule has 0 atom stereocenters. The van der Waals surface area contributed by atoms with Crippen molar-refractivity contribution in [2.75, 3.05) is 5.73 Å². The fourth-order valence-corrected chi connectivity index (χ4v) is 1.64. The van der Waals surface area contributed by atoms with E-state index < -0.39 is 0 Å². The van der Waals surface area contributed by atoms with E-state index in [0.717, 1.165) is 5.56 Å². The first-order valence-corrected chi connectivity index (χ1v) is 5.51. The van der Waals surface area contributed by atoms with Gasteiger partial charge in [-0.05, 0) is 24.6 Å². The van der Waals surface area contributed by atoms with E-state index in [-0.39, 0.29) is 5.56 Å². The van der Waals surface area contributed by atoms with Crippen LogP contribution in [0.5, 0.6) is 0 Å². The van der Waals surface area contributed by atoms with Gasteiger partial charge in [-0.1, -0.05) is 17.7 Å². The Morgan fingerprint density at radius 2 is 2.18 bits per heavy atom. The molecule has 0 radical (unpaired) electrons. The molecule has 0 aliphatic rings. The highest BCUT2D eigenvalue weighted by Crippen LogP contribution is 2.19. The van der Waals surface area contributed by atoms with Crippen molar-refractivity contribution in [3.8, 4) is 0 Å². The number of anilines is 1. The van der Waals surface area contributed by atoms with Gasteiger partial charge in [0.2, 0.25) is 0 Å². The molecule has 4 nitrogen and oxygen atoms in total. The molecular formula is C12H12ClN3O. The van der Waals surface area contributed by atoms with Crippen molar-refractivity contribution >= 4 is 17.3 Å². The van der Waals surface area contributed by atoms with Gasteiger partial charge in [-0.15, -0.1) is 0 Å². The lowest BCUT2D eigenvalue weighted by atomic mass is 10.2. The fourth-order valence-electron chi connectivity index (χ4n) is 1.52. The molecule has 0 spiro atoms. The molecular weight excluding hydrogens is 238 g/mol. The van der Waals surface area contributed by atoms with E-state index in [1.165, 1.54) is 17.0 Å². The molecule has 88 valence electrons. The topological polar surface area (TPSA) is 60.9 Å². The number of hydrogen-bond acceptors (Lipinski definition) is 3. The van der Waals surface area contributed by atoms with Gasteiger partial charge in [0.15, 0.2) is 0 Å². The summed E-state index contributed by atoms with van der Waals surface area (Å²) >= 11 is 5.83. The minimum Gasteiger partial charge on any atom is -0.398 e. The lowest BCUT2D eigenvalue weighted by Gasteiger charge is -2.07. The zero-order valence-corrected chi connectivity index (χ0v) is 10.1. The third-order valence-corrected chi connectivity index (χ3v) is 2.77. The van der Waals surface area contributed by atoms with Gasteiger partial charge in [0.25, 0.3) is 5.56 Å². The zero-order valence-electron chi connectivity index (χ0n) is 9.35. The van der Waals surface area contributed by atoms with Crippen LogP contribution in [-0.2, 0) is 6.54 Å². The molecule has 2 N–H and O–H groups in total. The maximum Gasteiger partial charge on any atom is 0.253 e. The Hall–Kier alpha value is -1.81. The summed E-state index contributed by atoms with van der Waals surface area (Å²) in [5, 5.41) is 0.517. The van der Waals surface area contributed by atoms with Crippen LogP contribution in [-0.4, -0.2) is 9.55 Å². The fraction of sp³-hybridized carbons (Fsp3) is 0.167. The van der Waals surface area contributed by atoms with Crippen molar-refractivity contribution < 1.29 is 0 Å². The number of rotatable bonds is 2. The lowest BCUT2D eigenvalue weighted by molar-refractivity contribution is 0.730. The van der Waals surface area contributed by atoms with Gasteiger partial charge in [0, 0.05) is 11.8 Å². The van der Waals surface area contributed by atoms with Crippen molar-refractivity contribution in [3.05, 3.63) is 57.2 Å². The van der Waals surface area contributed by atoms with E-state index in [1.807, 2.05) is 6.07 Å². The quantitative estimate of drug-likeness (QED) is 0.826. The SMILES string of the molecule is Cc1cc(=O)n(Cc2ccc(Cl)c(N)c2)cn1. The molecule has 1 aromatic heterocycles. The number of benzene rings is 1. The minimum atomic E-state index is -0.0778. The van der Waals surface area contributed by atoms with Gasteiger partial charge in [-0.25, -0.2) is 4.98 Å². The Labute approximate surface area is 104 Å². The summed E-state index contributed by atoms with van der Waals surface area (Å²) in [7, 11) is 0. The molecule has 0 amide bonds. The largest absolute Gasteiger partial charge is 0.398 e. The predicted molar refractivity (Wildman–Crippen MR) is 68.2 cm³/mol. The second kappa shape index (κ2) is 4.59. The molecule has 17 heavy (non-hydrogen) atoms. The summed E-state index contributed by atoms with van der Waals surface area (Å²) in [5.41, 5.74) is 7.76. The molecule has 0 aliphatic heterocycles. The van der Waals surface area contributed by atoms with Gasteiger partial charge in [0.1, 0.15) is 0 Å². The standard InChI is InChI=1S/C12H12ClN3O/c1-8-4-12(17)16(7-15-8)6-9-2-3-10(13)11(14)5-9/h2-5,7H,6,14H2,1H3. The molecule has 2 rings (SSSR count). The maximum absolute atomic E-state index is 11.7. The van der Waals surface area contributed by atoms with Crippen LogP contribution in [0.4, 0.5) is 5.69 Å². The smallest absolute Gasteiger partial charge is 0.253 e. The summed E-state index contributed by atoms with van der Waals surface area (Å²) in [4.78, 5) is 15.7. The normalized spacial score (nSPS) is 10.5. The Bertz CT molecular complexity index is 607. The first-order chi connectivity index (χ1) is 8.06. The molecule has 1 heterocycles. The van der Waals surface area contributed by atoms with Gasteiger partial charge in [0.05, 0.1) is 23.6 Å². The zero-order chi connectivity index (χ0) is 12.4. The molecule has 5 heteroatoms. The Morgan fingerprint density at radius 1 is 1.41 bits per heavy atom. The van der Waals surface area contributed by atoms with Crippen molar-refractivity contribution in [3.63, 3.8) is 0 Å². The number of halogens is 1. The van der Waals surface area contributed by atoms with E-state index in [0.29, 0.717) is 22.9 Å². The van der Waals surface area contributed by atoms with Gasteiger partial charge >= 0.3 is 0 Å². The average Bonchev–Trinajstić information content (AvgIpc) is 2.27. The third-order valence-electron chi connectivity index (χ3n) is 2.43. The van der Waals surface area contributed by atoms with Crippen LogP contribution in [0.3, 0.4) is 0 Å². The van der Waals surface area contributed by atoms with E-state index in [1.54, 1.807) is 19.1 Å². The second-order valence-corrected chi connectivity index (χ2v) is 4.26. The maximum atomic E-state index is 11.7. The van der Waals surface area contributed by atoms with Crippen LogP contribution in [0.25, 0.3) is 0 Å². The van der Waals surface area contributed by atoms with E-state index in [4.69, 9.17) is 17.3 Å². The highest BCUT2D eigenvalue weighted by Gasteiger charge is 2.01. The van der Waals surface area contributed by atoms with Crippen molar-refractivity contribution in [1.29, 1.82) is 0 Å². The van der Waals surface area contributed by atoms with Crippen molar-refractivity contribution in [2.45, 2.75) is 13.5 Å². The number of hydrogen-bond donors (Lipinski definition) is 1. The summed E-state index contributed by atoms with van der Waals surface area (Å²) < 4.78 is 1.52. The average molecular weight is 250 g/mol. The van der Waals surface area contributed by atoms with Crippen LogP contribution >= 0.6 is 11.6 Å². The summed E-state index contributed by atoms with van der Waals surface area (Å²) in [6.07, 6.45) is 1.53. The monoisotopic (exact) mass is 249 g/mol. The summed E-state index contributed by atoms with van der Waals surface area (Å²) in [6, 6.07) is 6.82. The van der Waals surface area contributed by atoms with Crippen LogP contribution in [0.2, 0.25) is 5.02 Å². The Kier molecular flexibility index (Phi) is 3.15. The van der Waals surface area contributed by atoms with E-state index in [9.17, 15) is 4.79 Å². The van der Waals surface area contributed by atoms with Crippen LogP contribution in [0.1, 0.15) is 11.3 Å². The Balaban J connectivity index is 2.31. The molecule has 0 fully saturated rings. The van der Waals surface area contributed by atoms with E-state index >= 15 is 0 Å². The van der Waals surface area contributed by atoms with Crippen molar-refractivity contribution in [2.24, 2.45) is 0 Å². The number of nitrogen functional groups attached to an aromatic ring is 1. The van der Waals surface area contributed by atoms with Crippen LogP contribution in [0.15, 0.2) is 35.4 Å². The van der Waals surface area contributed by atoms with Gasteiger partial charge in [-0.3, -0.25) is 9.36 Å². The molecule has 0 unspecified atom stereocenters. The van der Waals surface area contributed by atoms with Gasteiger partial charge in [-0.2, -0.15) is 0 Å². The number of nitrogens with zero attached hydrogens (tertiary/aromatic N) is 2. The highest BCUT2D eigenvalue weighted by molar-refractivity contribution is 6.33. The molecule has 1 aromatic carbocycles. The predicted octanol–water partition coefficient (Wildman–Crippen LogP) is 1.84. The van der Waals surface area contributed by atoms with E-state index in [2.05, 4.69) is 4.98 Å². The van der Waals surface area contributed by atoms with Crippen molar-refractivity contribution in [1.82, 2.24) is 9.55 Å². The first kappa shape index (κ1) is 11.7.